The lowest BCUT2D eigenvalue weighted by Crippen LogP contribution is -2.42. The second kappa shape index (κ2) is 12.3. The Kier molecular flexibility index (Phi) is 7.41. The summed E-state index contributed by atoms with van der Waals surface area (Å²) >= 11 is 0. The van der Waals surface area contributed by atoms with Crippen molar-refractivity contribution in [2.45, 2.75) is 58.5 Å². The van der Waals surface area contributed by atoms with Crippen LogP contribution in [0.2, 0.25) is 0 Å². The minimum Gasteiger partial charge on any atom is -0.317 e. The number of allylic oxidation sites excluding steroid dienone is 9. The minimum absolute atomic E-state index is 0.00962. The highest BCUT2D eigenvalue weighted by atomic mass is 15.6. The Morgan fingerprint density at radius 3 is 2.32 bits per heavy atom. The predicted octanol–water partition coefficient (Wildman–Crippen LogP) is 13.0. The molecular formula is C54H49N3. The number of rotatable bonds is 5. The highest BCUT2D eigenvalue weighted by Crippen LogP contribution is 2.53. The topological polar surface area (TPSA) is 20.2 Å². The molecule has 0 bridgehead atoms. The molecule has 57 heavy (non-hydrogen) atoms. The predicted molar refractivity (Wildman–Crippen MR) is 238 cm³/mol. The van der Waals surface area contributed by atoms with Gasteiger partial charge in [-0.15, -0.1) is 0 Å². The molecule has 0 saturated heterocycles. The van der Waals surface area contributed by atoms with Crippen molar-refractivity contribution in [2.24, 2.45) is 17.3 Å². The second-order valence-corrected chi connectivity index (χ2v) is 17.9. The molecule has 280 valence electrons. The number of hydrogen-bond donors (Lipinski definition) is 1. The number of para-hydroxylation sites is 1. The van der Waals surface area contributed by atoms with E-state index in [4.69, 9.17) is 0 Å². The molecule has 3 nitrogen and oxygen atoms in total. The van der Waals surface area contributed by atoms with Gasteiger partial charge in [0.15, 0.2) is 0 Å². The Labute approximate surface area is 337 Å². The molecule has 0 radical (unpaired) electrons. The zero-order valence-electron chi connectivity index (χ0n) is 33.6. The summed E-state index contributed by atoms with van der Waals surface area (Å²) in [5.41, 5.74) is 21.9. The van der Waals surface area contributed by atoms with Gasteiger partial charge in [0, 0.05) is 45.6 Å². The molecule has 0 spiro atoms. The third kappa shape index (κ3) is 5.01. The van der Waals surface area contributed by atoms with Crippen molar-refractivity contribution >= 4 is 28.2 Å². The minimum atomic E-state index is -0.364. The first kappa shape index (κ1) is 34.4. The van der Waals surface area contributed by atoms with Crippen molar-refractivity contribution in [3.05, 3.63) is 202 Å². The van der Waals surface area contributed by atoms with Gasteiger partial charge in [0.25, 0.3) is 0 Å². The zero-order valence-corrected chi connectivity index (χ0v) is 33.6. The van der Waals surface area contributed by atoms with Gasteiger partial charge in [-0.2, -0.15) is 0 Å². The van der Waals surface area contributed by atoms with Crippen LogP contribution in [0, 0.1) is 17.3 Å². The third-order valence-electron chi connectivity index (χ3n) is 14.0. The Balaban J connectivity index is 0.953. The number of nitrogens with zero attached hydrogens (tertiary/aromatic N) is 2. The second-order valence-electron chi connectivity index (χ2n) is 17.9. The van der Waals surface area contributed by atoms with E-state index in [2.05, 4.69) is 213 Å². The summed E-state index contributed by atoms with van der Waals surface area (Å²) in [4.78, 5) is 0. The van der Waals surface area contributed by atoms with Crippen molar-refractivity contribution in [3.8, 4) is 16.8 Å². The Morgan fingerprint density at radius 2 is 1.49 bits per heavy atom. The molecule has 0 amide bonds. The summed E-state index contributed by atoms with van der Waals surface area (Å²) in [6, 6.07) is 41.2. The molecule has 1 N–H and O–H groups in total. The lowest BCUT2D eigenvalue weighted by atomic mass is 9.70. The van der Waals surface area contributed by atoms with E-state index in [1.54, 1.807) is 0 Å². The standard InChI is InChI=1S/C54H49N3/c1-35-17-30-49-45(32-35)44-29-28-43-42-13-6-7-14-46(42)52(2,3)50(43)51(44)57(49)41-26-18-36(19-27-41)34-56-54(5,47-15-8-9-16-48(47)55-56)40-24-20-37(21-25-40)38-22-23-39-12-10-11-31-53(39,4)33-38/h6-31,33,35,39,55H,32,34H2,1-5H3. The first-order valence-electron chi connectivity index (χ1n) is 20.7. The fraction of sp³-hybridized carbons (Fsp3) is 0.222. The molecule has 0 fully saturated rings. The van der Waals surface area contributed by atoms with E-state index >= 15 is 0 Å². The van der Waals surface area contributed by atoms with Crippen LogP contribution in [0.1, 0.15) is 79.3 Å². The molecule has 4 atom stereocenters. The zero-order chi connectivity index (χ0) is 38.7. The van der Waals surface area contributed by atoms with Crippen molar-refractivity contribution in [3.63, 3.8) is 0 Å². The van der Waals surface area contributed by atoms with Crippen molar-refractivity contribution in [1.82, 2.24) is 9.58 Å². The lowest BCUT2D eigenvalue weighted by Gasteiger charge is -2.36. The Bertz CT molecular complexity index is 2780. The fourth-order valence-corrected chi connectivity index (χ4v) is 10.8. The number of hydrazine groups is 1. The van der Waals surface area contributed by atoms with Crippen LogP contribution in [0.3, 0.4) is 0 Å². The molecule has 1 aliphatic heterocycles. The lowest BCUT2D eigenvalue weighted by molar-refractivity contribution is 0.188. The van der Waals surface area contributed by atoms with E-state index in [1.807, 2.05) is 0 Å². The maximum atomic E-state index is 3.83. The largest absolute Gasteiger partial charge is 0.317 e. The van der Waals surface area contributed by atoms with Crippen molar-refractivity contribution in [1.29, 1.82) is 0 Å². The monoisotopic (exact) mass is 739 g/mol. The van der Waals surface area contributed by atoms with Crippen LogP contribution in [0.4, 0.5) is 5.69 Å². The van der Waals surface area contributed by atoms with E-state index in [-0.39, 0.29) is 16.4 Å². The molecule has 3 heteroatoms. The Morgan fingerprint density at radius 1 is 0.719 bits per heavy atom. The normalized spacial score (nSPS) is 24.8. The molecule has 5 aromatic carbocycles. The summed E-state index contributed by atoms with van der Waals surface area (Å²) < 4.78 is 2.57. The Hall–Kier alpha value is -5.90. The van der Waals surface area contributed by atoms with E-state index in [0.717, 1.165) is 13.0 Å². The van der Waals surface area contributed by atoms with Gasteiger partial charge in [-0.1, -0.05) is 167 Å². The van der Waals surface area contributed by atoms with Gasteiger partial charge in [0.1, 0.15) is 0 Å². The smallest absolute Gasteiger partial charge is 0.0895 e. The summed E-state index contributed by atoms with van der Waals surface area (Å²) in [6.45, 7) is 12.6. The fourth-order valence-electron chi connectivity index (χ4n) is 10.8. The SMILES string of the molecule is CC1C=Cc2c(c3ccc4c(c3n2-c2ccc(CN3Nc5ccccc5C3(C)c3ccc(C5=CC6(C)C=CC=CC6C=C5)cc3)cc2)C(C)(C)c2ccccc2-4)C1. The molecule has 4 aliphatic carbocycles. The molecule has 5 aliphatic rings. The van der Waals surface area contributed by atoms with Crippen LogP contribution in [-0.4, -0.2) is 9.58 Å². The molecule has 6 aromatic rings. The summed E-state index contributed by atoms with van der Waals surface area (Å²) in [7, 11) is 0. The van der Waals surface area contributed by atoms with Gasteiger partial charge in [-0.25, -0.2) is 5.01 Å². The number of anilines is 1. The summed E-state index contributed by atoms with van der Waals surface area (Å²) in [6.07, 6.45) is 21.9. The number of nitrogens with one attached hydrogen (secondary N) is 1. The van der Waals surface area contributed by atoms with Crippen molar-refractivity contribution < 1.29 is 0 Å². The number of aromatic nitrogens is 1. The van der Waals surface area contributed by atoms with Crippen LogP contribution in [0.15, 0.2) is 158 Å². The third-order valence-corrected chi connectivity index (χ3v) is 14.0. The highest BCUT2D eigenvalue weighted by molar-refractivity contribution is 6.00. The quantitative estimate of drug-likeness (QED) is 0.190. The van der Waals surface area contributed by atoms with Crippen LogP contribution < -0.4 is 5.43 Å². The maximum absolute atomic E-state index is 3.83. The number of benzene rings is 5. The van der Waals surface area contributed by atoms with Crippen LogP contribution in [0.5, 0.6) is 0 Å². The van der Waals surface area contributed by atoms with Gasteiger partial charge >= 0.3 is 0 Å². The molecule has 0 saturated carbocycles. The van der Waals surface area contributed by atoms with Crippen LogP contribution in [0.25, 0.3) is 39.4 Å². The van der Waals surface area contributed by atoms with Gasteiger partial charge in [-0.3, -0.25) is 0 Å². The summed E-state index contributed by atoms with van der Waals surface area (Å²) in [5.74, 6) is 0.927. The molecule has 11 rings (SSSR count). The van der Waals surface area contributed by atoms with Gasteiger partial charge in [-0.05, 0) is 93.6 Å². The molecule has 2 heterocycles. The number of fused-ring (bicyclic) bond motifs is 9. The average molecular weight is 740 g/mol. The maximum Gasteiger partial charge on any atom is 0.0895 e. The van der Waals surface area contributed by atoms with E-state index in [1.165, 1.54) is 83.6 Å². The molecule has 4 unspecified atom stereocenters. The van der Waals surface area contributed by atoms with Gasteiger partial charge in [0.2, 0.25) is 0 Å². The van der Waals surface area contributed by atoms with E-state index in [0.29, 0.717) is 11.8 Å². The molecule has 1 aromatic heterocycles. The van der Waals surface area contributed by atoms with Crippen LogP contribution in [-0.2, 0) is 23.9 Å². The van der Waals surface area contributed by atoms with Crippen LogP contribution >= 0.6 is 0 Å². The average Bonchev–Trinajstić information content (AvgIpc) is 3.80. The molecular weight excluding hydrogens is 691 g/mol. The van der Waals surface area contributed by atoms with E-state index < -0.39 is 0 Å². The van der Waals surface area contributed by atoms with Crippen molar-refractivity contribution in [2.75, 3.05) is 5.43 Å². The summed E-state index contributed by atoms with van der Waals surface area (Å²) in [5, 5.41) is 3.82. The first-order chi connectivity index (χ1) is 27.6. The van der Waals surface area contributed by atoms with Gasteiger partial charge in [0.05, 0.1) is 16.7 Å². The number of hydrogen-bond acceptors (Lipinski definition) is 2. The highest BCUT2D eigenvalue weighted by Gasteiger charge is 2.43. The van der Waals surface area contributed by atoms with E-state index in [9.17, 15) is 0 Å². The first-order valence-corrected chi connectivity index (χ1v) is 20.7. The van der Waals surface area contributed by atoms with Gasteiger partial charge < -0.3 is 9.99 Å².